The molecule has 8 nitrogen and oxygen atoms in total. The van der Waals surface area contributed by atoms with Crippen molar-refractivity contribution >= 4 is 16.0 Å². The van der Waals surface area contributed by atoms with Gasteiger partial charge in [0.2, 0.25) is 10.0 Å². The maximum absolute atomic E-state index is 13.4. The molecule has 30 heavy (non-hydrogen) atoms. The number of carboxylic acids is 1. The van der Waals surface area contributed by atoms with Crippen LogP contribution >= 0.6 is 0 Å². The van der Waals surface area contributed by atoms with E-state index >= 15 is 0 Å². The third-order valence-corrected chi connectivity index (χ3v) is 6.80. The van der Waals surface area contributed by atoms with Gasteiger partial charge in [-0.15, -0.1) is 0 Å². The van der Waals surface area contributed by atoms with Crippen molar-refractivity contribution in [2.45, 2.75) is 30.4 Å². The molecule has 162 valence electrons. The highest BCUT2D eigenvalue weighted by atomic mass is 32.2. The van der Waals surface area contributed by atoms with Crippen molar-refractivity contribution in [3.63, 3.8) is 0 Å². The normalized spacial score (nSPS) is 16.6. The first-order valence-corrected chi connectivity index (χ1v) is 10.9. The summed E-state index contributed by atoms with van der Waals surface area (Å²) in [6.07, 6.45) is 1.50. The van der Waals surface area contributed by atoms with E-state index in [0.717, 1.165) is 18.4 Å². The standard InChI is InChI=1S/C21H25NO7S/c1-27-19-10-5-15(12-20(19)28-2)13-22(14-17-4-3-11-29-17)30(25,26)18-8-6-16(7-9-18)21(23)24/h5-10,12,17H,3-4,11,13-14H2,1-2H3,(H,23,24)/t17-/m1/s1. The van der Waals surface area contributed by atoms with E-state index in [-0.39, 0.29) is 29.7 Å². The predicted molar refractivity (Wildman–Crippen MR) is 110 cm³/mol. The molecule has 0 bridgehead atoms. The summed E-state index contributed by atoms with van der Waals surface area (Å²) in [5.74, 6) is -0.0465. The molecule has 0 aliphatic carbocycles. The molecule has 3 rings (SSSR count). The zero-order valence-electron chi connectivity index (χ0n) is 16.9. The molecule has 0 amide bonds. The minimum absolute atomic E-state index is 0.0273. The maximum Gasteiger partial charge on any atom is 0.335 e. The molecule has 1 atom stereocenters. The molecule has 0 unspecified atom stereocenters. The van der Waals surface area contributed by atoms with E-state index in [0.29, 0.717) is 18.1 Å². The first kappa shape index (κ1) is 22.1. The second-order valence-corrected chi connectivity index (χ2v) is 8.89. The van der Waals surface area contributed by atoms with Gasteiger partial charge in [-0.1, -0.05) is 6.07 Å². The fourth-order valence-electron chi connectivity index (χ4n) is 3.36. The van der Waals surface area contributed by atoms with Gasteiger partial charge >= 0.3 is 5.97 Å². The van der Waals surface area contributed by atoms with Crippen LogP contribution in [0.15, 0.2) is 47.4 Å². The number of hydrogen-bond donors (Lipinski definition) is 1. The fraction of sp³-hybridized carbons (Fsp3) is 0.381. The summed E-state index contributed by atoms with van der Waals surface area (Å²) in [6, 6.07) is 10.5. The number of carbonyl (C=O) groups is 1. The SMILES string of the molecule is COc1ccc(CN(C[C@H]2CCCO2)S(=O)(=O)c2ccc(C(=O)O)cc2)cc1OC. The number of carboxylic acid groups (broad SMARTS) is 1. The topological polar surface area (TPSA) is 102 Å². The lowest BCUT2D eigenvalue weighted by atomic mass is 10.2. The van der Waals surface area contributed by atoms with E-state index < -0.39 is 16.0 Å². The third-order valence-electron chi connectivity index (χ3n) is 4.98. The average molecular weight is 435 g/mol. The first-order valence-electron chi connectivity index (χ1n) is 9.51. The molecule has 1 N–H and O–H groups in total. The molecule has 0 spiro atoms. The van der Waals surface area contributed by atoms with Gasteiger partial charge < -0.3 is 19.3 Å². The van der Waals surface area contributed by atoms with Crippen molar-refractivity contribution in [3.05, 3.63) is 53.6 Å². The van der Waals surface area contributed by atoms with Gasteiger partial charge in [0.1, 0.15) is 0 Å². The Morgan fingerprint density at radius 1 is 1.13 bits per heavy atom. The number of rotatable bonds is 9. The van der Waals surface area contributed by atoms with Crippen LogP contribution in [0.2, 0.25) is 0 Å². The lowest BCUT2D eigenvalue weighted by molar-refractivity contribution is 0.0696. The third kappa shape index (κ3) is 4.92. The van der Waals surface area contributed by atoms with Crippen molar-refractivity contribution < 1.29 is 32.5 Å². The van der Waals surface area contributed by atoms with E-state index in [1.165, 1.54) is 42.8 Å². The van der Waals surface area contributed by atoms with Crippen LogP contribution in [-0.2, 0) is 21.3 Å². The Labute approximate surface area is 176 Å². The van der Waals surface area contributed by atoms with Gasteiger partial charge in [0, 0.05) is 19.7 Å². The van der Waals surface area contributed by atoms with Crippen LogP contribution < -0.4 is 9.47 Å². The van der Waals surface area contributed by atoms with Crippen molar-refractivity contribution in [2.75, 3.05) is 27.4 Å². The van der Waals surface area contributed by atoms with Crippen molar-refractivity contribution in [1.82, 2.24) is 4.31 Å². The summed E-state index contributed by atoms with van der Waals surface area (Å²) in [7, 11) is -0.822. The van der Waals surface area contributed by atoms with Crippen molar-refractivity contribution in [3.8, 4) is 11.5 Å². The smallest absolute Gasteiger partial charge is 0.335 e. The highest BCUT2D eigenvalue weighted by Gasteiger charge is 2.29. The Morgan fingerprint density at radius 3 is 2.40 bits per heavy atom. The van der Waals surface area contributed by atoms with E-state index in [4.69, 9.17) is 19.3 Å². The van der Waals surface area contributed by atoms with Crippen LogP contribution in [0.25, 0.3) is 0 Å². The Morgan fingerprint density at radius 2 is 1.83 bits per heavy atom. The van der Waals surface area contributed by atoms with Gasteiger partial charge in [0.15, 0.2) is 11.5 Å². The van der Waals surface area contributed by atoms with Gasteiger partial charge in [0.05, 0.1) is 30.8 Å². The number of sulfonamides is 1. The predicted octanol–water partition coefficient (Wildman–Crippen LogP) is 2.77. The molecular formula is C21H25NO7S. The molecule has 9 heteroatoms. The van der Waals surface area contributed by atoms with Gasteiger partial charge in [0.25, 0.3) is 0 Å². The molecule has 1 saturated heterocycles. The second-order valence-electron chi connectivity index (χ2n) is 6.95. The quantitative estimate of drug-likeness (QED) is 0.646. The zero-order valence-corrected chi connectivity index (χ0v) is 17.7. The summed E-state index contributed by atoms with van der Waals surface area (Å²) in [6.45, 7) is 0.933. The molecule has 2 aromatic carbocycles. The van der Waals surface area contributed by atoms with Crippen LogP contribution in [-0.4, -0.2) is 57.3 Å². The van der Waals surface area contributed by atoms with Gasteiger partial charge in [-0.05, 0) is 54.8 Å². The minimum Gasteiger partial charge on any atom is -0.493 e. The van der Waals surface area contributed by atoms with E-state index in [2.05, 4.69) is 0 Å². The maximum atomic E-state index is 13.4. The zero-order chi connectivity index (χ0) is 21.7. The number of aromatic carboxylic acids is 1. The summed E-state index contributed by atoms with van der Waals surface area (Å²) < 4.78 is 44.3. The molecular weight excluding hydrogens is 410 g/mol. The fourth-order valence-corrected chi connectivity index (χ4v) is 4.82. The van der Waals surface area contributed by atoms with Crippen molar-refractivity contribution in [2.24, 2.45) is 0 Å². The molecule has 1 fully saturated rings. The Kier molecular flexibility index (Phi) is 6.96. The van der Waals surface area contributed by atoms with Crippen LogP contribution in [0.5, 0.6) is 11.5 Å². The van der Waals surface area contributed by atoms with E-state index in [1.807, 2.05) is 0 Å². The molecule has 1 heterocycles. The van der Waals surface area contributed by atoms with Crippen LogP contribution in [0.4, 0.5) is 0 Å². The number of ether oxygens (including phenoxy) is 3. The summed E-state index contributed by atoms with van der Waals surface area (Å²) in [5, 5.41) is 9.07. The molecule has 2 aromatic rings. The highest BCUT2D eigenvalue weighted by molar-refractivity contribution is 7.89. The number of benzene rings is 2. The number of hydrogen-bond acceptors (Lipinski definition) is 6. The lowest BCUT2D eigenvalue weighted by Crippen LogP contribution is -2.37. The summed E-state index contributed by atoms with van der Waals surface area (Å²) in [5.41, 5.74) is 0.760. The molecule has 1 aliphatic rings. The second kappa shape index (κ2) is 9.46. The van der Waals surface area contributed by atoms with Gasteiger partial charge in [-0.2, -0.15) is 4.31 Å². The Bertz CT molecular complexity index is 983. The Balaban J connectivity index is 1.92. The van der Waals surface area contributed by atoms with Gasteiger partial charge in [-0.3, -0.25) is 0 Å². The molecule has 1 aliphatic heterocycles. The number of nitrogens with zero attached hydrogens (tertiary/aromatic N) is 1. The van der Waals surface area contributed by atoms with Crippen molar-refractivity contribution in [1.29, 1.82) is 0 Å². The van der Waals surface area contributed by atoms with Gasteiger partial charge in [-0.25, -0.2) is 13.2 Å². The first-order chi connectivity index (χ1) is 14.3. The van der Waals surface area contributed by atoms with E-state index in [1.54, 1.807) is 18.2 Å². The van der Waals surface area contributed by atoms with E-state index in [9.17, 15) is 13.2 Å². The summed E-state index contributed by atoms with van der Waals surface area (Å²) in [4.78, 5) is 11.1. The van der Waals surface area contributed by atoms with Crippen LogP contribution in [0, 0.1) is 0 Å². The van der Waals surface area contributed by atoms with Crippen LogP contribution in [0.1, 0.15) is 28.8 Å². The lowest BCUT2D eigenvalue weighted by Gasteiger charge is -2.25. The average Bonchev–Trinajstić information content (AvgIpc) is 3.26. The molecule has 0 radical (unpaired) electrons. The number of methoxy groups -OCH3 is 2. The summed E-state index contributed by atoms with van der Waals surface area (Å²) >= 11 is 0. The van der Waals surface area contributed by atoms with Crippen LogP contribution in [0.3, 0.4) is 0 Å². The molecule has 0 aromatic heterocycles. The molecule has 0 saturated carbocycles. The largest absolute Gasteiger partial charge is 0.493 e. The Hall–Kier alpha value is -2.62. The highest BCUT2D eigenvalue weighted by Crippen LogP contribution is 2.29. The monoisotopic (exact) mass is 435 g/mol. The minimum atomic E-state index is -3.88.